The lowest BCUT2D eigenvalue weighted by Crippen LogP contribution is -2.37. The van der Waals surface area contributed by atoms with Crippen LogP contribution in [0.15, 0.2) is 47.7 Å². The van der Waals surface area contributed by atoms with Crippen molar-refractivity contribution in [2.45, 2.75) is 57.7 Å². The van der Waals surface area contributed by atoms with Gasteiger partial charge in [-0.1, -0.05) is 18.6 Å². The molecule has 1 aliphatic rings. The summed E-state index contributed by atoms with van der Waals surface area (Å²) in [5.74, 6) is 1.79. The van der Waals surface area contributed by atoms with Gasteiger partial charge in [-0.25, -0.2) is 0 Å². The summed E-state index contributed by atoms with van der Waals surface area (Å²) < 4.78 is 8.10. The molecule has 7 heteroatoms. The fourth-order valence-corrected chi connectivity index (χ4v) is 3.39. The Hall–Kier alpha value is -1.77. The summed E-state index contributed by atoms with van der Waals surface area (Å²) >= 11 is 0. The van der Waals surface area contributed by atoms with Gasteiger partial charge < -0.3 is 15.4 Å². The van der Waals surface area contributed by atoms with Crippen molar-refractivity contribution in [3.8, 4) is 5.75 Å². The van der Waals surface area contributed by atoms with Crippen LogP contribution in [-0.4, -0.2) is 35.4 Å². The second-order valence-electron chi connectivity index (χ2n) is 7.00. The van der Waals surface area contributed by atoms with Gasteiger partial charge in [-0.3, -0.25) is 9.67 Å². The van der Waals surface area contributed by atoms with Crippen LogP contribution in [0, 0.1) is 0 Å². The van der Waals surface area contributed by atoms with Crippen LogP contribution >= 0.6 is 24.0 Å². The van der Waals surface area contributed by atoms with E-state index in [1.807, 2.05) is 16.9 Å². The standard InChI is InChI=1S/C21H31N5O.HI/c1-22-21(23-12-6-14-26-15-7-13-25-26)24-17-18-8-5-11-20(16-18)27-19-9-3-2-4-10-19;/h5,7-8,11,13,15-16,19H,2-4,6,9-10,12,14,17H2,1H3,(H2,22,23,24);1H. The van der Waals surface area contributed by atoms with E-state index in [1.54, 1.807) is 13.2 Å². The lowest BCUT2D eigenvalue weighted by atomic mass is 9.98. The van der Waals surface area contributed by atoms with E-state index >= 15 is 0 Å². The molecule has 0 aliphatic heterocycles. The van der Waals surface area contributed by atoms with Crippen molar-refractivity contribution in [1.82, 2.24) is 20.4 Å². The van der Waals surface area contributed by atoms with Crippen LogP contribution in [0.4, 0.5) is 0 Å². The summed E-state index contributed by atoms with van der Waals surface area (Å²) in [5, 5.41) is 10.9. The average molecular weight is 497 g/mol. The van der Waals surface area contributed by atoms with E-state index in [9.17, 15) is 0 Å². The first-order chi connectivity index (χ1) is 13.3. The van der Waals surface area contributed by atoms with Gasteiger partial charge in [0.1, 0.15) is 5.75 Å². The Morgan fingerprint density at radius 1 is 1.21 bits per heavy atom. The smallest absolute Gasteiger partial charge is 0.191 e. The zero-order chi connectivity index (χ0) is 18.7. The molecule has 0 saturated heterocycles. The molecule has 2 N–H and O–H groups in total. The van der Waals surface area contributed by atoms with E-state index < -0.39 is 0 Å². The molecule has 2 aromatic rings. The number of aryl methyl sites for hydroxylation is 1. The molecule has 0 bridgehead atoms. The highest BCUT2D eigenvalue weighted by Crippen LogP contribution is 2.23. The lowest BCUT2D eigenvalue weighted by Gasteiger charge is -2.23. The van der Waals surface area contributed by atoms with Crippen molar-refractivity contribution in [2.24, 2.45) is 4.99 Å². The van der Waals surface area contributed by atoms with E-state index in [1.165, 1.54) is 37.7 Å². The van der Waals surface area contributed by atoms with Crippen molar-refractivity contribution in [3.63, 3.8) is 0 Å². The van der Waals surface area contributed by atoms with E-state index in [2.05, 4.69) is 45.0 Å². The minimum absolute atomic E-state index is 0. The van der Waals surface area contributed by atoms with Crippen molar-refractivity contribution in [3.05, 3.63) is 48.3 Å². The Balaban J connectivity index is 0.00000280. The summed E-state index contributed by atoms with van der Waals surface area (Å²) in [4.78, 5) is 4.29. The molecule has 1 aromatic heterocycles. The third kappa shape index (κ3) is 7.69. The van der Waals surface area contributed by atoms with E-state index in [4.69, 9.17) is 4.74 Å². The van der Waals surface area contributed by atoms with Gasteiger partial charge in [0, 0.05) is 39.1 Å². The number of guanidine groups is 1. The topological polar surface area (TPSA) is 63.5 Å². The lowest BCUT2D eigenvalue weighted by molar-refractivity contribution is 0.155. The molecule has 1 aromatic carbocycles. The second kappa shape index (κ2) is 12.6. The van der Waals surface area contributed by atoms with Crippen LogP contribution in [-0.2, 0) is 13.1 Å². The van der Waals surface area contributed by atoms with Gasteiger partial charge in [-0.05, 0) is 55.9 Å². The number of halogens is 1. The third-order valence-electron chi connectivity index (χ3n) is 4.85. The molecule has 1 aliphatic carbocycles. The molecule has 0 radical (unpaired) electrons. The number of aromatic nitrogens is 2. The number of hydrogen-bond donors (Lipinski definition) is 2. The molecule has 0 spiro atoms. The highest BCUT2D eigenvalue weighted by Gasteiger charge is 2.14. The molecule has 1 saturated carbocycles. The molecular weight excluding hydrogens is 465 g/mol. The predicted molar refractivity (Wildman–Crippen MR) is 124 cm³/mol. The highest BCUT2D eigenvalue weighted by molar-refractivity contribution is 14.0. The Kier molecular flexibility index (Phi) is 10.2. The summed E-state index contributed by atoms with van der Waals surface area (Å²) in [6, 6.07) is 10.3. The summed E-state index contributed by atoms with van der Waals surface area (Å²) in [5.41, 5.74) is 1.20. The minimum Gasteiger partial charge on any atom is -0.490 e. The summed E-state index contributed by atoms with van der Waals surface area (Å²) in [6.07, 6.45) is 11.4. The molecule has 154 valence electrons. The molecule has 28 heavy (non-hydrogen) atoms. The molecule has 1 fully saturated rings. The first kappa shape index (κ1) is 22.5. The number of aliphatic imine (C=N–C) groups is 1. The molecule has 6 nitrogen and oxygen atoms in total. The van der Waals surface area contributed by atoms with Gasteiger partial charge in [0.2, 0.25) is 0 Å². The molecule has 0 unspecified atom stereocenters. The monoisotopic (exact) mass is 497 g/mol. The predicted octanol–water partition coefficient (Wildman–Crippen LogP) is 3.97. The largest absolute Gasteiger partial charge is 0.490 e. The average Bonchev–Trinajstić information content (AvgIpc) is 3.22. The fraction of sp³-hybridized carbons (Fsp3) is 0.524. The quantitative estimate of drug-likeness (QED) is 0.251. The van der Waals surface area contributed by atoms with Crippen LogP contribution in [0.1, 0.15) is 44.1 Å². The van der Waals surface area contributed by atoms with E-state index in [0.29, 0.717) is 6.10 Å². The summed E-state index contributed by atoms with van der Waals surface area (Å²) in [6.45, 7) is 2.47. The van der Waals surface area contributed by atoms with Gasteiger partial charge >= 0.3 is 0 Å². The van der Waals surface area contributed by atoms with Gasteiger partial charge in [0.15, 0.2) is 5.96 Å². The first-order valence-corrected chi connectivity index (χ1v) is 10.0. The maximum atomic E-state index is 6.16. The summed E-state index contributed by atoms with van der Waals surface area (Å²) in [7, 11) is 1.80. The van der Waals surface area contributed by atoms with E-state index in [0.717, 1.165) is 37.8 Å². The maximum Gasteiger partial charge on any atom is 0.191 e. The van der Waals surface area contributed by atoms with Crippen LogP contribution in [0.3, 0.4) is 0 Å². The Labute approximate surface area is 185 Å². The molecule has 3 rings (SSSR count). The number of nitrogens with zero attached hydrogens (tertiary/aromatic N) is 3. The maximum absolute atomic E-state index is 6.16. The first-order valence-electron chi connectivity index (χ1n) is 10.0. The zero-order valence-electron chi connectivity index (χ0n) is 16.6. The van der Waals surface area contributed by atoms with Crippen LogP contribution in [0.25, 0.3) is 0 Å². The van der Waals surface area contributed by atoms with Gasteiger partial charge in [0.05, 0.1) is 6.10 Å². The normalized spacial score (nSPS) is 15.0. The third-order valence-corrected chi connectivity index (χ3v) is 4.85. The van der Waals surface area contributed by atoms with Crippen LogP contribution in [0.5, 0.6) is 5.75 Å². The van der Waals surface area contributed by atoms with Crippen molar-refractivity contribution >= 4 is 29.9 Å². The van der Waals surface area contributed by atoms with Gasteiger partial charge in [-0.2, -0.15) is 5.10 Å². The zero-order valence-corrected chi connectivity index (χ0v) is 19.0. The van der Waals surface area contributed by atoms with E-state index in [-0.39, 0.29) is 24.0 Å². The molecule has 0 atom stereocenters. The minimum atomic E-state index is 0. The van der Waals surface area contributed by atoms with Gasteiger partial charge in [-0.15, -0.1) is 24.0 Å². The van der Waals surface area contributed by atoms with Gasteiger partial charge in [0.25, 0.3) is 0 Å². The van der Waals surface area contributed by atoms with Crippen molar-refractivity contribution in [2.75, 3.05) is 13.6 Å². The van der Waals surface area contributed by atoms with Crippen molar-refractivity contribution < 1.29 is 4.74 Å². The van der Waals surface area contributed by atoms with Crippen LogP contribution < -0.4 is 15.4 Å². The highest BCUT2D eigenvalue weighted by atomic mass is 127. The number of rotatable bonds is 8. The fourth-order valence-electron chi connectivity index (χ4n) is 3.39. The number of benzene rings is 1. The Morgan fingerprint density at radius 2 is 2.07 bits per heavy atom. The number of hydrogen-bond acceptors (Lipinski definition) is 3. The Morgan fingerprint density at radius 3 is 2.82 bits per heavy atom. The Bertz CT molecular complexity index is 699. The molecule has 1 heterocycles. The van der Waals surface area contributed by atoms with Crippen LogP contribution in [0.2, 0.25) is 0 Å². The number of ether oxygens (including phenoxy) is 1. The second-order valence-corrected chi connectivity index (χ2v) is 7.00. The number of nitrogens with one attached hydrogen (secondary N) is 2. The van der Waals surface area contributed by atoms with Crippen molar-refractivity contribution in [1.29, 1.82) is 0 Å². The SMILES string of the molecule is CN=C(NCCCn1cccn1)NCc1cccc(OC2CCCCC2)c1.I. The molecular formula is C21H32IN5O. The molecule has 0 amide bonds.